The van der Waals surface area contributed by atoms with Crippen molar-refractivity contribution in [3.05, 3.63) is 24.0 Å². The molecule has 1 heterocycles. The van der Waals surface area contributed by atoms with Crippen LogP contribution >= 0.6 is 0 Å². The van der Waals surface area contributed by atoms with Crippen molar-refractivity contribution in [3.63, 3.8) is 0 Å². The predicted molar refractivity (Wildman–Crippen MR) is 77.3 cm³/mol. The Labute approximate surface area is 115 Å². The van der Waals surface area contributed by atoms with Gasteiger partial charge in [-0.15, -0.1) is 0 Å². The maximum absolute atomic E-state index is 11.9. The van der Waals surface area contributed by atoms with Crippen molar-refractivity contribution in [1.29, 1.82) is 0 Å². The van der Waals surface area contributed by atoms with Crippen LogP contribution in [-0.4, -0.2) is 36.4 Å². The molecule has 104 valence electrons. The van der Waals surface area contributed by atoms with Crippen molar-refractivity contribution in [2.45, 2.75) is 32.6 Å². The van der Waals surface area contributed by atoms with Gasteiger partial charge in [-0.2, -0.15) is 0 Å². The Morgan fingerprint density at radius 1 is 1.47 bits per heavy atom. The number of carbonyl (C=O) groups is 1. The Morgan fingerprint density at radius 3 is 2.74 bits per heavy atom. The molecule has 0 unspecified atom stereocenters. The van der Waals surface area contributed by atoms with Crippen molar-refractivity contribution in [3.8, 4) is 0 Å². The van der Waals surface area contributed by atoms with Crippen LogP contribution in [0.5, 0.6) is 0 Å². The SMILES string of the molecule is CCC1(CNc2ccnc(C(=O)N(C)C)c2)CCC1. The predicted octanol–water partition coefficient (Wildman–Crippen LogP) is 2.78. The zero-order valence-electron chi connectivity index (χ0n) is 12.1. The number of amides is 1. The fraction of sp³-hybridized carbons (Fsp3) is 0.600. The molecule has 0 bridgehead atoms. The highest BCUT2D eigenvalue weighted by Gasteiger charge is 2.34. The number of nitrogens with one attached hydrogen (secondary N) is 1. The van der Waals surface area contributed by atoms with E-state index in [1.165, 1.54) is 25.7 Å². The molecule has 0 aromatic carbocycles. The van der Waals surface area contributed by atoms with Gasteiger partial charge in [0.05, 0.1) is 0 Å². The molecule has 0 spiro atoms. The molecule has 1 amide bonds. The number of aromatic nitrogens is 1. The monoisotopic (exact) mass is 261 g/mol. The first-order chi connectivity index (χ1) is 9.06. The molecule has 0 radical (unpaired) electrons. The minimum atomic E-state index is -0.0579. The Kier molecular flexibility index (Phi) is 4.08. The standard InChI is InChI=1S/C15H23N3O/c1-4-15(7-5-8-15)11-17-12-6-9-16-13(10-12)14(19)18(2)3/h6,9-10H,4-5,7-8,11H2,1-3H3,(H,16,17). The Hall–Kier alpha value is -1.58. The number of anilines is 1. The maximum Gasteiger partial charge on any atom is 0.272 e. The third-order valence-electron chi connectivity index (χ3n) is 4.22. The van der Waals surface area contributed by atoms with Crippen molar-refractivity contribution in [1.82, 2.24) is 9.88 Å². The molecule has 1 N–H and O–H groups in total. The highest BCUT2D eigenvalue weighted by atomic mass is 16.2. The molecule has 1 aliphatic rings. The van der Waals surface area contributed by atoms with Crippen LogP contribution in [0.4, 0.5) is 5.69 Å². The minimum absolute atomic E-state index is 0.0579. The highest BCUT2D eigenvalue weighted by Crippen LogP contribution is 2.43. The third kappa shape index (κ3) is 3.06. The first kappa shape index (κ1) is 13.8. The summed E-state index contributed by atoms with van der Waals surface area (Å²) in [6.07, 6.45) is 6.87. The molecule has 0 atom stereocenters. The summed E-state index contributed by atoms with van der Waals surface area (Å²) >= 11 is 0. The van der Waals surface area contributed by atoms with E-state index in [9.17, 15) is 4.79 Å². The summed E-state index contributed by atoms with van der Waals surface area (Å²) in [5.41, 5.74) is 1.95. The van der Waals surface area contributed by atoms with Crippen molar-refractivity contribution >= 4 is 11.6 Å². The number of pyridine rings is 1. The third-order valence-corrected chi connectivity index (χ3v) is 4.22. The van der Waals surface area contributed by atoms with Gasteiger partial charge in [0.25, 0.3) is 5.91 Å². The lowest BCUT2D eigenvalue weighted by atomic mass is 9.67. The van der Waals surface area contributed by atoms with Gasteiger partial charge in [-0.1, -0.05) is 13.3 Å². The van der Waals surface area contributed by atoms with Gasteiger partial charge in [0.1, 0.15) is 5.69 Å². The molecule has 2 rings (SSSR count). The Morgan fingerprint density at radius 2 is 2.21 bits per heavy atom. The number of hydrogen-bond donors (Lipinski definition) is 1. The highest BCUT2D eigenvalue weighted by molar-refractivity contribution is 5.92. The molecule has 4 nitrogen and oxygen atoms in total. The van der Waals surface area contributed by atoms with Crippen LogP contribution < -0.4 is 5.32 Å². The topological polar surface area (TPSA) is 45.2 Å². The van der Waals surface area contributed by atoms with E-state index in [2.05, 4.69) is 17.2 Å². The molecule has 0 aliphatic heterocycles. The van der Waals surface area contributed by atoms with E-state index in [-0.39, 0.29) is 5.91 Å². The largest absolute Gasteiger partial charge is 0.384 e. The quantitative estimate of drug-likeness (QED) is 0.886. The molecule has 1 saturated carbocycles. The van der Waals surface area contributed by atoms with E-state index in [4.69, 9.17) is 0 Å². The maximum atomic E-state index is 11.9. The van der Waals surface area contributed by atoms with Crippen LogP contribution in [0.3, 0.4) is 0 Å². The lowest BCUT2D eigenvalue weighted by molar-refractivity contribution is 0.0822. The van der Waals surface area contributed by atoms with E-state index in [0.717, 1.165) is 12.2 Å². The fourth-order valence-electron chi connectivity index (χ4n) is 2.51. The number of hydrogen-bond acceptors (Lipinski definition) is 3. The van der Waals surface area contributed by atoms with Gasteiger partial charge in [-0.3, -0.25) is 9.78 Å². The molecule has 1 aliphatic carbocycles. The van der Waals surface area contributed by atoms with E-state index < -0.39 is 0 Å². The van der Waals surface area contributed by atoms with E-state index >= 15 is 0 Å². The number of rotatable bonds is 5. The summed E-state index contributed by atoms with van der Waals surface area (Å²) in [6, 6.07) is 3.76. The molecule has 1 aromatic rings. The summed E-state index contributed by atoms with van der Waals surface area (Å²) in [5.74, 6) is -0.0579. The normalized spacial score (nSPS) is 16.6. The summed E-state index contributed by atoms with van der Waals surface area (Å²) < 4.78 is 0. The zero-order valence-corrected chi connectivity index (χ0v) is 12.1. The van der Waals surface area contributed by atoms with Gasteiger partial charge < -0.3 is 10.2 Å². The smallest absolute Gasteiger partial charge is 0.272 e. The Bertz CT molecular complexity index is 447. The van der Waals surface area contributed by atoms with Crippen LogP contribution in [0.2, 0.25) is 0 Å². The van der Waals surface area contributed by atoms with Gasteiger partial charge in [0.2, 0.25) is 0 Å². The molecule has 19 heavy (non-hydrogen) atoms. The second-order valence-corrected chi connectivity index (χ2v) is 5.69. The molecule has 0 saturated heterocycles. The fourth-order valence-corrected chi connectivity index (χ4v) is 2.51. The summed E-state index contributed by atoms with van der Waals surface area (Å²) in [6.45, 7) is 3.25. The van der Waals surface area contributed by atoms with E-state index in [1.807, 2.05) is 12.1 Å². The van der Waals surface area contributed by atoms with Crippen LogP contribution in [-0.2, 0) is 0 Å². The van der Waals surface area contributed by atoms with E-state index in [0.29, 0.717) is 11.1 Å². The molecule has 1 fully saturated rings. The number of carbonyl (C=O) groups excluding carboxylic acids is 1. The lowest BCUT2D eigenvalue weighted by Gasteiger charge is -2.41. The van der Waals surface area contributed by atoms with Gasteiger partial charge in [0.15, 0.2) is 0 Å². The van der Waals surface area contributed by atoms with Crippen molar-refractivity contribution < 1.29 is 4.79 Å². The van der Waals surface area contributed by atoms with Gasteiger partial charge in [-0.25, -0.2) is 0 Å². The summed E-state index contributed by atoms with van der Waals surface area (Å²) in [7, 11) is 3.48. The van der Waals surface area contributed by atoms with Gasteiger partial charge in [0, 0.05) is 32.5 Å². The zero-order chi connectivity index (χ0) is 13.9. The molecule has 1 aromatic heterocycles. The molecular weight excluding hydrogens is 238 g/mol. The average Bonchev–Trinajstić information content (AvgIpc) is 2.37. The summed E-state index contributed by atoms with van der Waals surface area (Å²) in [4.78, 5) is 17.5. The van der Waals surface area contributed by atoms with Crippen LogP contribution in [0.25, 0.3) is 0 Å². The molecular formula is C15H23N3O. The first-order valence-electron chi connectivity index (χ1n) is 6.98. The van der Waals surface area contributed by atoms with Gasteiger partial charge >= 0.3 is 0 Å². The van der Waals surface area contributed by atoms with Crippen LogP contribution in [0, 0.1) is 5.41 Å². The minimum Gasteiger partial charge on any atom is -0.384 e. The first-order valence-corrected chi connectivity index (χ1v) is 6.98. The molecule has 4 heteroatoms. The summed E-state index contributed by atoms with van der Waals surface area (Å²) in [5, 5.41) is 3.46. The van der Waals surface area contributed by atoms with E-state index in [1.54, 1.807) is 25.2 Å². The number of nitrogens with zero attached hydrogens (tertiary/aromatic N) is 2. The van der Waals surface area contributed by atoms with Crippen LogP contribution in [0.15, 0.2) is 18.3 Å². The van der Waals surface area contributed by atoms with Crippen LogP contribution in [0.1, 0.15) is 43.1 Å². The lowest BCUT2D eigenvalue weighted by Crippen LogP contribution is -2.35. The average molecular weight is 261 g/mol. The second kappa shape index (κ2) is 5.59. The Balaban J connectivity index is 2.01. The van der Waals surface area contributed by atoms with Crippen molar-refractivity contribution in [2.75, 3.05) is 26.0 Å². The van der Waals surface area contributed by atoms with Gasteiger partial charge in [-0.05, 0) is 36.8 Å². The van der Waals surface area contributed by atoms with Crippen molar-refractivity contribution in [2.24, 2.45) is 5.41 Å². The second-order valence-electron chi connectivity index (χ2n) is 5.69.